The second-order valence-electron chi connectivity index (χ2n) is 5.94. The molecule has 0 bridgehead atoms. The summed E-state index contributed by atoms with van der Waals surface area (Å²) in [5, 5.41) is 9.92. The van der Waals surface area contributed by atoms with Crippen LogP contribution in [0.3, 0.4) is 0 Å². The predicted molar refractivity (Wildman–Crippen MR) is 91.2 cm³/mol. The zero-order valence-corrected chi connectivity index (χ0v) is 14.1. The van der Waals surface area contributed by atoms with Crippen LogP contribution in [0.5, 0.6) is 0 Å². The molecule has 0 aromatic heterocycles. The Labute approximate surface area is 138 Å². The molecule has 0 spiro atoms. The Kier molecular flexibility index (Phi) is 8.98. The number of carbonyl (C=O) groups excluding carboxylic acids is 1. The van der Waals surface area contributed by atoms with E-state index in [1.54, 1.807) is 0 Å². The van der Waals surface area contributed by atoms with Crippen molar-refractivity contribution >= 4 is 12.4 Å². The quantitative estimate of drug-likeness (QED) is 0.791. The summed E-state index contributed by atoms with van der Waals surface area (Å²) >= 11 is 0. The summed E-state index contributed by atoms with van der Waals surface area (Å²) in [4.78, 5) is 22.8. The van der Waals surface area contributed by atoms with E-state index in [1.807, 2.05) is 12.1 Å². The minimum atomic E-state index is -0.250. The third kappa shape index (κ3) is 7.28. The van der Waals surface area contributed by atoms with E-state index in [-0.39, 0.29) is 12.4 Å². The van der Waals surface area contributed by atoms with Crippen LogP contribution in [0.15, 0.2) is 24.3 Å². The van der Waals surface area contributed by atoms with Crippen LogP contribution in [0.1, 0.15) is 43.7 Å². The van der Waals surface area contributed by atoms with Gasteiger partial charge in [0, 0.05) is 19.0 Å². The van der Waals surface area contributed by atoms with Crippen LogP contribution < -0.4 is 5.32 Å². The molecule has 2 rings (SSSR count). The Balaban J connectivity index is 0.000000816. The van der Waals surface area contributed by atoms with E-state index >= 15 is 0 Å². The lowest BCUT2D eigenvalue weighted by molar-refractivity contribution is -0.123. The molecule has 1 unspecified atom stereocenters. The third-order valence-electron chi connectivity index (χ3n) is 4.29. The molecule has 1 aliphatic heterocycles. The summed E-state index contributed by atoms with van der Waals surface area (Å²) in [6.07, 6.45) is 4.21. The lowest BCUT2D eigenvalue weighted by atomic mass is 10.1. The monoisotopic (exact) mass is 320 g/mol. The summed E-state index contributed by atoms with van der Waals surface area (Å²) in [6, 6.07) is 8.73. The Morgan fingerprint density at radius 2 is 1.96 bits per heavy atom. The minimum absolute atomic E-state index is 0.166. The Morgan fingerprint density at radius 1 is 1.35 bits per heavy atom. The Morgan fingerprint density at radius 3 is 2.57 bits per heavy atom. The van der Waals surface area contributed by atoms with Gasteiger partial charge in [-0.25, -0.2) is 0 Å². The highest BCUT2D eigenvalue weighted by atomic mass is 16.3. The number of hydrogen-bond acceptors (Lipinski definition) is 3. The average molecular weight is 320 g/mol. The van der Waals surface area contributed by atoms with E-state index in [1.165, 1.54) is 37.1 Å². The fourth-order valence-corrected chi connectivity index (χ4v) is 2.80. The second-order valence-corrected chi connectivity index (χ2v) is 5.94. The maximum Gasteiger partial charge on any atom is 0.290 e. The van der Waals surface area contributed by atoms with Gasteiger partial charge in [0.15, 0.2) is 0 Å². The van der Waals surface area contributed by atoms with Crippen molar-refractivity contribution in [3.05, 3.63) is 35.4 Å². The summed E-state index contributed by atoms with van der Waals surface area (Å²) in [6.45, 7) is 7.11. The maximum atomic E-state index is 11.9. The zero-order chi connectivity index (χ0) is 17.1. The third-order valence-corrected chi connectivity index (χ3v) is 4.29. The number of carbonyl (C=O) groups is 2. The van der Waals surface area contributed by atoms with E-state index in [4.69, 9.17) is 9.90 Å². The van der Waals surface area contributed by atoms with E-state index in [0.717, 1.165) is 6.42 Å². The highest BCUT2D eigenvalue weighted by Gasteiger charge is 2.18. The van der Waals surface area contributed by atoms with E-state index in [2.05, 4.69) is 36.2 Å². The number of benzene rings is 1. The van der Waals surface area contributed by atoms with Gasteiger partial charge in [-0.05, 0) is 57.3 Å². The van der Waals surface area contributed by atoms with Crippen LogP contribution in [-0.2, 0) is 16.1 Å². The van der Waals surface area contributed by atoms with Gasteiger partial charge < -0.3 is 15.3 Å². The first-order chi connectivity index (χ1) is 11.1. The van der Waals surface area contributed by atoms with Crippen LogP contribution >= 0.6 is 0 Å². The smallest absolute Gasteiger partial charge is 0.290 e. The molecule has 1 aliphatic rings. The molecule has 0 radical (unpaired) electrons. The van der Waals surface area contributed by atoms with Crippen LogP contribution in [0.2, 0.25) is 0 Å². The van der Waals surface area contributed by atoms with Gasteiger partial charge in [-0.15, -0.1) is 0 Å². The van der Waals surface area contributed by atoms with Gasteiger partial charge in [0.1, 0.15) is 0 Å². The average Bonchev–Trinajstić information content (AvgIpc) is 3.07. The molecule has 23 heavy (non-hydrogen) atoms. The molecule has 128 valence electrons. The van der Waals surface area contributed by atoms with Crippen LogP contribution in [0.4, 0.5) is 0 Å². The number of hydrogen-bond donors (Lipinski definition) is 2. The van der Waals surface area contributed by atoms with Crippen LogP contribution in [0, 0.1) is 6.92 Å². The van der Waals surface area contributed by atoms with Gasteiger partial charge in [0.05, 0.1) is 0 Å². The number of nitrogens with one attached hydrogen (secondary N) is 1. The number of aryl methyl sites for hydroxylation is 1. The summed E-state index contributed by atoms with van der Waals surface area (Å²) < 4.78 is 0. The molecule has 1 amide bonds. The lowest BCUT2D eigenvalue weighted by Gasteiger charge is -2.23. The van der Waals surface area contributed by atoms with Crippen molar-refractivity contribution in [2.45, 2.75) is 52.1 Å². The first-order valence-electron chi connectivity index (χ1n) is 8.21. The van der Waals surface area contributed by atoms with Gasteiger partial charge in [0.2, 0.25) is 5.91 Å². The van der Waals surface area contributed by atoms with Gasteiger partial charge in [-0.3, -0.25) is 9.59 Å². The van der Waals surface area contributed by atoms with Crippen molar-refractivity contribution in [3.63, 3.8) is 0 Å². The molecule has 2 N–H and O–H groups in total. The first-order valence-corrected chi connectivity index (χ1v) is 8.21. The molecular weight excluding hydrogens is 292 g/mol. The number of rotatable bonds is 6. The second kappa shape index (κ2) is 10.8. The summed E-state index contributed by atoms with van der Waals surface area (Å²) in [7, 11) is 0. The molecule has 1 aromatic rings. The van der Waals surface area contributed by atoms with Crippen molar-refractivity contribution in [1.82, 2.24) is 10.2 Å². The van der Waals surface area contributed by atoms with Gasteiger partial charge >= 0.3 is 0 Å². The Bertz CT molecular complexity index is 485. The normalized spacial score (nSPS) is 15.4. The molecule has 1 saturated heterocycles. The van der Waals surface area contributed by atoms with Crippen molar-refractivity contribution in [2.75, 3.05) is 13.1 Å². The molecule has 1 heterocycles. The SMILES string of the molecule is Cc1ccccc1CNC(=O)CCC(C)N1CCCC1.O=CO. The molecule has 1 fully saturated rings. The lowest BCUT2D eigenvalue weighted by Crippen LogP contribution is -2.32. The topological polar surface area (TPSA) is 69.6 Å². The predicted octanol–water partition coefficient (Wildman–Crippen LogP) is 2.58. The number of amides is 1. The van der Waals surface area contributed by atoms with Crippen molar-refractivity contribution < 1.29 is 14.7 Å². The number of carboxylic acid groups (broad SMARTS) is 1. The van der Waals surface area contributed by atoms with Crippen molar-refractivity contribution in [3.8, 4) is 0 Å². The van der Waals surface area contributed by atoms with Gasteiger partial charge in [-0.1, -0.05) is 24.3 Å². The molecular formula is C18H28N2O3. The standard InChI is InChI=1S/C17H26N2O.CH2O2/c1-14-7-3-4-8-16(14)13-18-17(20)10-9-15(2)19-11-5-6-12-19;2-1-3/h3-4,7-8,15H,5-6,9-13H2,1-2H3,(H,18,20);1H,(H,2,3). The molecule has 5 nitrogen and oxygen atoms in total. The maximum absolute atomic E-state index is 11.9. The molecule has 0 aliphatic carbocycles. The zero-order valence-electron chi connectivity index (χ0n) is 14.1. The number of likely N-dealkylation sites (tertiary alicyclic amines) is 1. The van der Waals surface area contributed by atoms with Crippen LogP contribution in [0.25, 0.3) is 0 Å². The van der Waals surface area contributed by atoms with Crippen molar-refractivity contribution in [2.24, 2.45) is 0 Å². The van der Waals surface area contributed by atoms with E-state index < -0.39 is 0 Å². The van der Waals surface area contributed by atoms with E-state index in [0.29, 0.717) is 19.0 Å². The fraction of sp³-hybridized carbons (Fsp3) is 0.556. The highest BCUT2D eigenvalue weighted by Crippen LogP contribution is 2.15. The highest BCUT2D eigenvalue weighted by molar-refractivity contribution is 5.75. The summed E-state index contributed by atoms with van der Waals surface area (Å²) in [5.74, 6) is 0.166. The first kappa shape index (κ1) is 19.2. The van der Waals surface area contributed by atoms with Gasteiger partial charge in [0.25, 0.3) is 6.47 Å². The van der Waals surface area contributed by atoms with Gasteiger partial charge in [-0.2, -0.15) is 0 Å². The minimum Gasteiger partial charge on any atom is -0.483 e. The van der Waals surface area contributed by atoms with E-state index in [9.17, 15) is 4.79 Å². The Hall–Kier alpha value is -1.88. The number of nitrogens with zero attached hydrogens (tertiary/aromatic N) is 1. The molecule has 1 aromatic carbocycles. The van der Waals surface area contributed by atoms with Crippen molar-refractivity contribution in [1.29, 1.82) is 0 Å². The fourth-order valence-electron chi connectivity index (χ4n) is 2.80. The molecule has 1 atom stereocenters. The summed E-state index contributed by atoms with van der Waals surface area (Å²) in [5.41, 5.74) is 2.44. The molecule has 0 saturated carbocycles. The largest absolute Gasteiger partial charge is 0.483 e. The van der Waals surface area contributed by atoms with Crippen LogP contribution in [-0.4, -0.2) is 41.5 Å². The molecule has 5 heteroatoms.